The molecule has 0 spiro atoms. The molecule has 0 radical (unpaired) electrons. The van der Waals surface area contributed by atoms with Crippen LogP contribution in [-0.4, -0.2) is 24.3 Å². The largest absolute Gasteiger partial charge is 0.465 e. The van der Waals surface area contributed by atoms with E-state index < -0.39 is 5.97 Å². The lowest BCUT2D eigenvalue weighted by atomic mass is 9.89. The third-order valence-corrected chi connectivity index (χ3v) is 5.36. The van der Waals surface area contributed by atoms with Crippen LogP contribution in [-0.2, 0) is 4.74 Å². The Hall–Kier alpha value is -4.06. The van der Waals surface area contributed by atoms with Crippen molar-refractivity contribution in [2.45, 2.75) is 0 Å². The van der Waals surface area contributed by atoms with Gasteiger partial charge in [-0.15, -0.1) is 0 Å². The summed E-state index contributed by atoms with van der Waals surface area (Å²) in [4.78, 5) is 19.4. The van der Waals surface area contributed by atoms with E-state index in [-0.39, 0.29) is 11.6 Å². The van der Waals surface area contributed by atoms with Crippen LogP contribution in [0.4, 0.5) is 14.5 Å². The summed E-state index contributed by atoms with van der Waals surface area (Å²) in [6.45, 7) is 0. The number of aliphatic imine (C=N–C) groups is 1. The van der Waals surface area contributed by atoms with E-state index in [1.807, 2.05) is 18.3 Å². The SMILES string of the molecule is COC(=O)c1ccc(/C(=C2/C=Nc3cc(F)ccc32)c2c[nH]c3cc(F)ccc23)cc1. The zero-order valence-corrected chi connectivity index (χ0v) is 16.4. The fraction of sp³-hybridized carbons (Fsp3) is 0.0400. The Bertz CT molecular complexity index is 1400. The molecule has 0 saturated carbocycles. The number of rotatable bonds is 3. The van der Waals surface area contributed by atoms with Crippen molar-refractivity contribution in [3.05, 3.63) is 101 Å². The van der Waals surface area contributed by atoms with Crippen molar-refractivity contribution in [1.82, 2.24) is 4.98 Å². The Morgan fingerprint density at radius 3 is 2.42 bits per heavy atom. The molecule has 31 heavy (non-hydrogen) atoms. The number of hydrogen-bond acceptors (Lipinski definition) is 3. The van der Waals surface area contributed by atoms with Gasteiger partial charge >= 0.3 is 5.97 Å². The second kappa shape index (κ2) is 7.32. The molecule has 1 N–H and O–H groups in total. The number of aromatic amines is 1. The van der Waals surface area contributed by atoms with Crippen molar-refractivity contribution in [2.24, 2.45) is 4.99 Å². The van der Waals surface area contributed by atoms with Gasteiger partial charge in [0.2, 0.25) is 0 Å². The predicted molar refractivity (Wildman–Crippen MR) is 117 cm³/mol. The number of esters is 1. The molecule has 5 rings (SSSR count). The molecule has 3 aromatic carbocycles. The number of nitrogens with zero attached hydrogens (tertiary/aromatic N) is 1. The molecule has 2 heterocycles. The number of fused-ring (bicyclic) bond motifs is 2. The van der Waals surface area contributed by atoms with E-state index in [2.05, 4.69) is 9.98 Å². The fourth-order valence-corrected chi connectivity index (χ4v) is 3.89. The highest BCUT2D eigenvalue weighted by atomic mass is 19.1. The van der Waals surface area contributed by atoms with Gasteiger partial charge in [0.05, 0.1) is 18.4 Å². The zero-order valence-electron chi connectivity index (χ0n) is 16.4. The lowest BCUT2D eigenvalue weighted by Gasteiger charge is -2.12. The van der Waals surface area contributed by atoms with Crippen molar-refractivity contribution in [1.29, 1.82) is 0 Å². The Morgan fingerprint density at radius 1 is 0.935 bits per heavy atom. The first kappa shape index (κ1) is 18.9. The number of allylic oxidation sites excluding steroid dienone is 1. The summed E-state index contributed by atoms with van der Waals surface area (Å²) < 4.78 is 32.2. The maximum Gasteiger partial charge on any atom is 0.337 e. The van der Waals surface area contributed by atoms with E-state index >= 15 is 0 Å². The Kier molecular flexibility index (Phi) is 4.47. The molecule has 4 aromatic rings. The van der Waals surface area contributed by atoms with Gasteiger partial charge in [0, 0.05) is 51.7 Å². The average Bonchev–Trinajstić information content (AvgIpc) is 3.38. The molecule has 1 aromatic heterocycles. The van der Waals surface area contributed by atoms with Crippen LogP contribution in [0.25, 0.3) is 22.0 Å². The highest BCUT2D eigenvalue weighted by Crippen LogP contribution is 2.41. The molecular formula is C25H16F2N2O2. The summed E-state index contributed by atoms with van der Waals surface area (Å²) in [5.41, 5.74) is 5.76. The number of ether oxygens (including phenoxy) is 1. The minimum atomic E-state index is -0.424. The molecule has 0 bridgehead atoms. The maximum absolute atomic E-state index is 13.7. The van der Waals surface area contributed by atoms with Gasteiger partial charge in [-0.3, -0.25) is 4.99 Å². The first-order valence-corrected chi connectivity index (χ1v) is 9.59. The second-order valence-corrected chi connectivity index (χ2v) is 7.17. The summed E-state index contributed by atoms with van der Waals surface area (Å²) in [5, 5.41) is 0.838. The van der Waals surface area contributed by atoms with Crippen molar-refractivity contribution in [3.63, 3.8) is 0 Å². The van der Waals surface area contributed by atoms with Gasteiger partial charge in [-0.25, -0.2) is 13.6 Å². The van der Waals surface area contributed by atoms with E-state index in [0.717, 1.165) is 33.2 Å². The van der Waals surface area contributed by atoms with E-state index in [4.69, 9.17) is 4.74 Å². The minimum Gasteiger partial charge on any atom is -0.465 e. The van der Waals surface area contributed by atoms with Crippen LogP contribution in [0.3, 0.4) is 0 Å². The van der Waals surface area contributed by atoms with Gasteiger partial charge in [0.25, 0.3) is 0 Å². The molecule has 0 unspecified atom stereocenters. The van der Waals surface area contributed by atoms with Gasteiger partial charge in [0.15, 0.2) is 0 Å². The van der Waals surface area contributed by atoms with E-state index in [9.17, 15) is 13.6 Å². The first-order valence-electron chi connectivity index (χ1n) is 9.59. The van der Waals surface area contributed by atoms with Crippen LogP contribution in [0.2, 0.25) is 0 Å². The van der Waals surface area contributed by atoms with Crippen molar-refractivity contribution in [2.75, 3.05) is 7.11 Å². The van der Waals surface area contributed by atoms with E-state index in [1.165, 1.54) is 31.4 Å². The maximum atomic E-state index is 13.7. The molecule has 0 atom stereocenters. The zero-order chi connectivity index (χ0) is 21.5. The molecule has 6 heteroatoms. The highest BCUT2D eigenvalue weighted by molar-refractivity contribution is 6.27. The van der Waals surface area contributed by atoms with Crippen LogP contribution in [0.5, 0.6) is 0 Å². The number of benzene rings is 3. The quantitative estimate of drug-likeness (QED) is 0.424. The lowest BCUT2D eigenvalue weighted by Crippen LogP contribution is -2.01. The number of methoxy groups -OCH3 is 1. The third kappa shape index (κ3) is 3.22. The summed E-state index contributed by atoms with van der Waals surface area (Å²) in [6.07, 6.45) is 3.52. The van der Waals surface area contributed by atoms with Gasteiger partial charge in [0.1, 0.15) is 11.6 Å². The van der Waals surface area contributed by atoms with Crippen molar-refractivity contribution in [3.8, 4) is 0 Å². The molecule has 4 nitrogen and oxygen atoms in total. The Morgan fingerprint density at radius 2 is 1.65 bits per heavy atom. The average molecular weight is 414 g/mol. The van der Waals surface area contributed by atoms with Gasteiger partial charge in [-0.05, 0) is 48.0 Å². The number of carbonyl (C=O) groups excluding carboxylic acids is 1. The van der Waals surface area contributed by atoms with Crippen LogP contribution in [0, 0.1) is 11.6 Å². The molecule has 0 aliphatic carbocycles. The fourth-order valence-electron chi connectivity index (χ4n) is 3.89. The molecule has 1 aliphatic rings. The number of H-pyrrole nitrogens is 1. The van der Waals surface area contributed by atoms with Crippen LogP contribution >= 0.6 is 0 Å². The van der Waals surface area contributed by atoms with E-state index in [1.54, 1.807) is 30.5 Å². The topological polar surface area (TPSA) is 54.4 Å². The van der Waals surface area contributed by atoms with Crippen LogP contribution in [0.15, 0.2) is 71.9 Å². The predicted octanol–water partition coefficient (Wildman–Crippen LogP) is 5.91. The number of halogens is 2. The molecule has 152 valence electrons. The number of nitrogens with one attached hydrogen (secondary N) is 1. The van der Waals surface area contributed by atoms with E-state index in [0.29, 0.717) is 16.8 Å². The smallest absolute Gasteiger partial charge is 0.337 e. The second-order valence-electron chi connectivity index (χ2n) is 7.17. The minimum absolute atomic E-state index is 0.333. The first-order chi connectivity index (χ1) is 15.0. The molecule has 0 fully saturated rings. The van der Waals surface area contributed by atoms with Gasteiger partial charge < -0.3 is 9.72 Å². The normalized spacial score (nSPS) is 14.0. The monoisotopic (exact) mass is 414 g/mol. The third-order valence-electron chi connectivity index (χ3n) is 5.36. The molecule has 1 aliphatic heterocycles. The van der Waals surface area contributed by atoms with Crippen molar-refractivity contribution >= 4 is 39.9 Å². The summed E-state index contributed by atoms with van der Waals surface area (Å²) >= 11 is 0. The van der Waals surface area contributed by atoms with Gasteiger partial charge in [-0.2, -0.15) is 0 Å². The summed E-state index contributed by atoms with van der Waals surface area (Å²) in [6, 6.07) is 16.1. The molecular weight excluding hydrogens is 398 g/mol. The number of hydrogen-bond donors (Lipinski definition) is 1. The van der Waals surface area contributed by atoms with Gasteiger partial charge in [-0.1, -0.05) is 12.1 Å². The summed E-state index contributed by atoms with van der Waals surface area (Å²) in [7, 11) is 1.33. The van der Waals surface area contributed by atoms with Crippen LogP contribution < -0.4 is 0 Å². The molecule has 0 saturated heterocycles. The molecule has 0 amide bonds. The summed E-state index contributed by atoms with van der Waals surface area (Å²) in [5.74, 6) is -1.11. The van der Waals surface area contributed by atoms with Crippen molar-refractivity contribution < 1.29 is 18.3 Å². The highest BCUT2D eigenvalue weighted by Gasteiger charge is 2.22. The van der Waals surface area contributed by atoms with Crippen LogP contribution in [0.1, 0.15) is 27.0 Å². The number of aromatic nitrogens is 1. The number of carbonyl (C=O) groups is 1. The Labute approximate surface area is 176 Å². The standard InChI is InChI=1S/C25H16F2N2O2/c1-31-25(30)15-4-2-14(3-5-15)24(20-12-28-22-10-16(26)6-8-18(20)22)21-13-29-23-11-17(27)7-9-19(21)23/h2-13,28H,1H3/b24-21+. The lowest BCUT2D eigenvalue weighted by molar-refractivity contribution is 0.0600. The Balaban J connectivity index is 1.77.